The fraction of sp³-hybridized carbons (Fsp3) is 0.393. The minimum absolute atomic E-state index is 0.0539. The minimum Gasteiger partial charge on any atom is -0.494 e. The molecule has 4 N–H and O–H groups in total. The number of aromatic carboxylic acids is 1. The second-order valence-electron chi connectivity index (χ2n) is 11.1. The number of nitrogen functional groups attached to an aromatic ring is 1. The smallest absolute Gasteiger partial charge is 0.341 e. The Hall–Kier alpha value is -4.19. The van der Waals surface area contributed by atoms with Crippen molar-refractivity contribution in [1.29, 1.82) is 0 Å². The Morgan fingerprint density at radius 1 is 1.20 bits per heavy atom. The van der Waals surface area contributed by atoms with Gasteiger partial charge in [-0.15, -0.1) is 0 Å². The van der Waals surface area contributed by atoms with E-state index < -0.39 is 23.0 Å². The highest BCUT2D eigenvalue weighted by atomic mass is 19.2. The molecule has 0 spiro atoms. The molecule has 10 nitrogen and oxygen atoms in total. The molecular formula is C28H33F2N7O3. The van der Waals surface area contributed by atoms with Crippen molar-refractivity contribution in [2.24, 2.45) is 0 Å². The van der Waals surface area contributed by atoms with E-state index >= 15 is 0 Å². The van der Waals surface area contributed by atoms with E-state index in [2.05, 4.69) is 39.2 Å². The molecule has 12 heteroatoms. The molecule has 0 bridgehead atoms. The summed E-state index contributed by atoms with van der Waals surface area (Å²) in [6, 6.07) is 6.24. The molecular weight excluding hydrogens is 520 g/mol. The van der Waals surface area contributed by atoms with Crippen LogP contribution in [0.4, 0.5) is 43.3 Å². The third kappa shape index (κ3) is 4.83. The van der Waals surface area contributed by atoms with E-state index in [1.54, 1.807) is 18.1 Å². The molecule has 0 radical (unpaired) electrons. The van der Waals surface area contributed by atoms with Gasteiger partial charge < -0.3 is 35.6 Å². The Balaban J connectivity index is 1.51. The molecule has 5 rings (SSSR count). The molecule has 40 heavy (non-hydrogen) atoms. The number of rotatable bonds is 7. The molecule has 0 amide bonds. The summed E-state index contributed by atoms with van der Waals surface area (Å²) in [5.41, 5.74) is 8.50. The van der Waals surface area contributed by atoms with Gasteiger partial charge >= 0.3 is 5.97 Å². The van der Waals surface area contributed by atoms with Crippen LogP contribution in [0.25, 0.3) is 0 Å². The second-order valence-corrected chi connectivity index (χ2v) is 11.1. The highest BCUT2D eigenvalue weighted by molar-refractivity contribution is 5.95. The number of fused-ring (bicyclic) bond motifs is 1. The highest BCUT2D eigenvalue weighted by Crippen LogP contribution is 2.46. The van der Waals surface area contributed by atoms with Gasteiger partial charge in [-0.25, -0.2) is 18.6 Å². The number of benzene rings is 2. The third-order valence-corrected chi connectivity index (χ3v) is 7.70. The predicted molar refractivity (Wildman–Crippen MR) is 150 cm³/mol. The lowest BCUT2D eigenvalue weighted by Crippen LogP contribution is -2.31. The molecule has 2 aliphatic heterocycles. The number of aromatic nitrogens is 2. The first-order valence-electron chi connectivity index (χ1n) is 12.9. The maximum atomic E-state index is 14.3. The molecule has 2 aromatic carbocycles. The van der Waals surface area contributed by atoms with Gasteiger partial charge in [0.05, 0.1) is 24.2 Å². The summed E-state index contributed by atoms with van der Waals surface area (Å²) < 4.78 is 34.0. The van der Waals surface area contributed by atoms with Crippen LogP contribution in [0.2, 0.25) is 0 Å². The van der Waals surface area contributed by atoms with Gasteiger partial charge in [-0.1, -0.05) is 13.8 Å². The van der Waals surface area contributed by atoms with Crippen LogP contribution in [-0.4, -0.2) is 72.8 Å². The molecule has 1 fully saturated rings. The molecule has 3 heterocycles. The van der Waals surface area contributed by atoms with Crippen molar-refractivity contribution in [2.45, 2.75) is 31.7 Å². The standard InChI is InChI=1S/C28H33F2N7O3/c1-28(2)14-37(22-9-19(30)18(29)8-17(22)28)25-16(26(38)39)12-32-27(34-25)33-21-10-20(31)23(11-24(21)40-5)36-7-6-15(13-36)35(3)4/h8-12,15H,6-7,13-14,31H2,1-5H3,(H,38,39)(H,32,33,34)/t15-/m1/s1. The Morgan fingerprint density at radius 2 is 1.93 bits per heavy atom. The van der Waals surface area contributed by atoms with E-state index in [4.69, 9.17) is 10.5 Å². The Labute approximate surface area is 231 Å². The fourth-order valence-electron chi connectivity index (χ4n) is 5.47. The predicted octanol–water partition coefficient (Wildman–Crippen LogP) is 4.36. The number of likely N-dealkylation sites (N-methyl/N-ethyl adjacent to an activating group) is 1. The number of nitrogens with zero attached hydrogens (tertiary/aromatic N) is 5. The van der Waals surface area contributed by atoms with E-state index in [1.807, 2.05) is 19.9 Å². The van der Waals surface area contributed by atoms with Crippen LogP contribution in [0.1, 0.15) is 36.2 Å². The van der Waals surface area contributed by atoms with Crippen LogP contribution in [-0.2, 0) is 5.41 Å². The number of nitrogens with one attached hydrogen (secondary N) is 1. The number of methoxy groups -OCH3 is 1. The molecule has 1 aromatic heterocycles. The van der Waals surface area contributed by atoms with E-state index in [0.717, 1.165) is 37.3 Å². The summed E-state index contributed by atoms with van der Waals surface area (Å²) in [5, 5.41) is 13.0. The molecule has 1 atom stereocenters. The lowest BCUT2D eigenvalue weighted by molar-refractivity contribution is 0.0697. The second kappa shape index (κ2) is 10.1. The van der Waals surface area contributed by atoms with Crippen LogP contribution < -0.4 is 25.6 Å². The van der Waals surface area contributed by atoms with Crippen LogP contribution >= 0.6 is 0 Å². The number of carboxylic acids is 1. The van der Waals surface area contributed by atoms with Crippen LogP contribution in [0.5, 0.6) is 5.75 Å². The van der Waals surface area contributed by atoms with Gasteiger partial charge in [0, 0.05) is 55.1 Å². The number of halogens is 2. The topological polar surface area (TPSA) is 120 Å². The van der Waals surface area contributed by atoms with Gasteiger partial charge in [0.15, 0.2) is 17.5 Å². The number of hydrogen-bond donors (Lipinski definition) is 3. The average molecular weight is 554 g/mol. The lowest BCUT2D eigenvalue weighted by Gasteiger charge is -2.25. The SMILES string of the molecule is COc1cc(N2CC[C@@H](N(C)C)C2)c(N)cc1Nc1ncc(C(=O)O)c(N2CC(C)(C)c3cc(F)c(F)cc32)n1. The number of hydrogen-bond acceptors (Lipinski definition) is 9. The minimum atomic E-state index is -1.25. The lowest BCUT2D eigenvalue weighted by atomic mass is 9.87. The quantitative estimate of drug-likeness (QED) is 0.364. The summed E-state index contributed by atoms with van der Waals surface area (Å²) in [6.07, 6.45) is 2.21. The van der Waals surface area contributed by atoms with Gasteiger partial charge in [0.1, 0.15) is 11.3 Å². The Kier molecular flexibility index (Phi) is 6.90. The van der Waals surface area contributed by atoms with E-state index in [0.29, 0.717) is 34.4 Å². The average Bonchev–Trinajstić information content (AvgIpc) is 3.48. The first-order chi connectivity index (χ1) is 18.9. The van der Waals surface area contributed by atoms with E-state index in [-0.39, 0.29) is 23.9 Å². The van der Waals surface area contributed by atoms with Gasteiger partial charge in [-0.2, -0.15) is 4.98 Å². The maximum absolute atomic E-state index is 14.3. The van der Waals surface area contributed by atoms with Crippen molar-refractivity contribution in [3.05, 3.63) is 53.2 Å². The van der Waals surface area contributed by atoms with Crippen LogP contribution in [0.3, 0.4) is 0 Å². The zero-order valence-electron chi connectivity index (χ0n) is 23.1. The van der Waals surface area contributed by atoms with Gasteiger partial charge in [-0.3, -0.25) is 0 Å². The normalized spacial score (nSPS) is 17.9. The molecule has 212 valence electrons. The summed E-state index contributed by atoms with van der Waals surface area (Å²) in [7, 11) is 5.67. The highest BCUT2D eigenvalue weighted by Gasteiger charge is 2.39. The van der Waals surface area contributed by atoms with Crippen molar-refractivity contribution in [1.82, 2.24) is 14.9 Å². The molecule has 0 unspecified atom stereocenters. The van der Waals surface area contributed by atoms with Gasteiger partial charge in [-0.05, 0) is 38.2 Å². The van der Waals surface area contributed by atoms with E-state index in [9.17, 15) is 18.7 Å². The van der Waals surface area contributed by atoms with Crippen molar-refractivity contribution in [2.75, 3.05) is 61.7 Å². The largest absolute Gasteiger partial charge is 0.494 e. The summed E-state index contributed by atoms with van der Waals surface area (Å²) in [5.74, 6) is -2.58. The summed E-state index contributed by atoms with van der Waals surface area (Å²) in [4.78, 5) is 26.8. The molecule has 2 aliphatic rings. The van der Waals surface area contributed by atoms with Crippen molar-refractivity contribution in [3.8, 4) is 5.75 Å². The number of carboxylic acid groups (broad SMARTS) is 1. The summed E-state index contributed by atoms with van der Waals surface area (Å²) >= 11 is 0. The molecule has 1 saturated heterocycles. The number of nitrogens with two attached hydrogens (primary N) is 1. The molecule has 3 aromatic rings. The van der Waals surface area contributed by atoms with Crippen molar-refractivity contribution in [3.63, 3.8) is 0 Å². The molecule has 0 saturated carbocycles. The first-order valence-corrected chi connectivity index (χ1v) is 12.9. The van der Waals surface area contributed by atoms with Crippen LogP contribution in [0, 0.1) is 11.6 Å². The summed E-state index contributed by atoms with van der Waals surface area (Å²) in [6.45, 7) is 5.72. The third-order valence-electron chi connectivity index (χ3n) is 7.70. The van der Waals surface area contributed by atoms with Crippen molar-refractivity contribution >= 4 is 40.5 Å². The fourth-order valence-corrected chi connectivity index (χ4v) is 5.47. The number of carbonyl (C=O) groups is 1. The van der Waals surface area contributed by atoms with Crippen LogP contribution in [0.15, 0.2) is 30.5 Å². The first kappa shape index (κ1) is 27.4. The number of anilines is 6. The maximum Gasteiger partial charge on any atom is 0.341 e. The van der Waals surface area contributed by atoms with Gasteiger partial charge in [0.25, 0.3) is 0 Å². The zero-order chi connectivity index (χ0) is 28.9. The Bertz CT molecular complexity index is 1480. The zero-order valence-corrected chi connectivity index (χ0v) is 23.1. The number of ether oxygens (including phenoxy) is 1. The van der Waals surface area contributed by atoms with Gasteiger partial charge in [0.2, 0.25) is 5.95 Å². The Morgan fingerprint density at radius 3 is 2.58 bits per heavy atom. The monoisotopic (exact) mass is 553 g/mol. The van der Waals surface area contributed by atoms with Crippen molar-refractivity contribution < 1.29 is 23.4 Å². The molecule has 0 aliphatic carbocycles. The van der Waals surface area contributed by atoms with E-state index in [1.165, 1.54) is 6.20 Å².